The van der Waals surface area contributed by atoms with Crippen molar-refractivity contribution in [2.24, 2.45) is 17.8 Å². The summed E-state index contributed by atoms with van der Waals surface area (Å²) in [5, 5.41) is 10.7. The molecule has 0 heterocycles. The molecule has 0 aliphatic carbocycles. The number of aliphatic hydroxyl groups excluding tert-OH is 1. The molecule has 17 nitrogen and oxygen atoms in total. The molecule has 642 valence electrons. The summed E-state index contributed by atoms with van der Waals surface area (Å²) in [5.74, 6) is 0.287. The quantitative estimate of drug-likeness (QED) is 0.0222. The topological polar surface area (TPSA) is 237 Å². The van der Waals surface area contributed by atoms with Gasteiger partial charge in [-0.25, -0.2) is 9.13 Å². The molecule has 0 aliphatic rings. The van der Waals surface area contributed by atoms with Crippen molar-refractivity contribution < 1.29 is 80.2 Å². The fraction of sp³-hybridized carbons (Fsp3) is 0.955. The molecular formula is C89H174O17P2. The molecule has 0 fully saturated rings. The maximum absolute atomic E-state index is 13.2. The van der Waals surface area contributed by atoms with Gasteiger partial charge in [-0.3, -0.25) is 37.3 Å². The summed E-state index contributed by atoms with van der Waals surface area (Å²) in [4.78, 5) is 73.3. The normalized spacial score (nSPS) is 14.1. The number of hydrogen-bond acceptors (Lipinski definition) is 15. The zero-order valence-electron chi connectivity index (χ0n) is 71.3. The molecule has 0 rings (SSSR count). The SMILES string of the molecule is CCCCCCCCCCCCCCCCCCCC(=O)O[C@H](COC(=O)CCCCCCCCCC(C)C)COP(=O)(O)OC[C@H](O)COP(=O)(O)OC[C@@H](COC(=O)CCCCCCCCCCCCCCCCCCC(C)C)OC(=O)CCCCCCCCCCCCCCCCCCCCC(C)CC. The predicted octanol–water partition coefficient (Wildman–Crippen LogP) is 27.3. The fourth-order valence-corrected chi connectivity index (χ4v) is 15.4. The number of phosphoric acid groups is 2. The number of hydrogen-bond donors (Lipinski definition) is 3. The smallest absolute Gasteiger partial charge is 0.462 e. The van der Waals surface area contributed by atoms with Crippen molar-refractivity contribution in [1.29, 1.82) is 0 Å². The lowest BCUT2D eigenvalue weighted by Gasteiger charge is -2.21. The minimum atomic E-state index is -4.97. The Morgan fingerprint density at radius 3 is 0.704 bits per heavy atom. The third-order valence-corrected chi connectivity index (χ3v) is 23.1. The van der Waals surface area contributed by atoms with E-state index < -0.39 is 97.5 Å². The highest BCUT2D eigenvalue weighted by Gasteiger charge is 2.31. The van der Waals surface area contributed by atoms with Crippen LogP contribution in [0.5, 0.6) is 0 Å². The number of unbranched alkanes of at least 4 members (excludes halogenated alkanes) is 54. The van der Waals surface area contributed by atoms with Gasteiger partial charge in [0.1, 0.15) is 19.3 Å². The van der Waals surface area contributed by atoms with E-state index in [1.54, 1.807) is 0 Å². The van der Waals surface area contributed by atoms with E-state index in [-0.39, 0.29) is 25.7 Å². The minimum Gasteiger partial charge on any atom is -0.462 e. The molecule has 6 atom stereocenters. The molecule has 108 heavy (non-hydrogen) atoms. The summed E-state index contributed by atoms with van der Waals surface area (Å²) in [6, 6.07) is 0. The third kappa shape index (κ3) is 80.7. The number of esters is 4. The molecule has 19 heteroatoms. The maximum Gasteiger partial charge on any atom is 0.472 e. The first-order valence-corrected chi connectivity index (χ1v) is 48.9. The van der Waals surface area contributed by atoms with Gasteiger partial charge >= 0.3 is 39.5 Å². The van der Waals surface area contributed by atoms with Crippen LogP contribution in [0.1, 0.15) is 472 Å². The van der Waals surface area contributed by atoms with Gasteiger partial charge in [-0.1, -0.05) is 421 Å². The lowest BCUT2D eigenvalue weighted by Crippen LogP contribution is -2.30. The van der Waals surface area contributed by atoms with Gasteiger partial charge < -0.3 is 33.8 Å². The van der Waals surface area contributed by atoms with E-state index in [9.17, 15) is 43.2 Å². The molecule has 0 bridgehead atoms. The van der Waals surface area contributed by atoms with Crippen molar-refractivity contribution in [3.8, 4) is 0 Å². The Hall–Kier alpha value is -1.94. The van der Waals surface area contributed by atoms with Crippen LogP contribution in [0, 0.1) is 17.8 Å². The molecule has 3 N–H and O–H groups in total. The Balaban J connectivity index is 5.22. The van der Waals surface area contributed by atoms with Gasteiger partial charge in [0, 0.05) is 25.7 Å². The van der Waals surface area contributed by atoms with Crippen LogP contribution in [-0.2, 0) is 65.4 Å². The van der Waals surface area contributed by atoms with E-state index in [4.69, 9.17) is 37.0 Å². The average Bonchev–Trinajstić information content (AvgIpc) is 0.900. The first kappa shape index (κ1) is 106. The number of ether oxygens (including phenoxy) is 4. The number of phosphoric ester groups is 2. The minimum absolute atomic E-state index is 0.108. The van der Waals surface area contributed by atoms with Crippen molar-refractivity contribution in [2.45, 2.75) is 491 Å². The van der Waals surface area contributed by atoms with Gasteiger partial charge in [0.05, 0.1) is 26.4 Å². The van der Waals surface area contributed by atoms with Crippen molar-refractivity contribution in [1.82, 2.24) is 0 Å². The molecule has 0 spiro atoms. The van der Waals surface area contributed by atoms with Gasteiger partial charge in [-0.05, 0) is 43.4 Å². The number of carbonyl (C=O) groups excluding carboxylic acids is 4. The van der Waals surface area contributed by atoms with Gasteiger partial charge in [-0.15, -0.1) is 0 Å². The molecule has 0 saturated heterocycles. The van der Waals surface area contributed by atoms with Gasteiger partial charge in [0.15, 0.2) is 12.2 Å². The van der Waals surface area contributed by atoms with E-state index >= 15 is 0 Å². The van der Waals surface area contributed by atoms with E-state index in [2.05, 4.69) is 48.5 Å². The first-order valence-electron chi connectivity index (χ1n) is 45.9. The van der Waals surface area contributed by atoms with Crippen molar-refractivity contribution in [2.75, 3.05) is 39.6 Å². The lowest BCUT2D eigenvalue weighted by atomic mass is 9.99. The fourth-order valence-electron chi connectivity index (χ4n) is 13.9. The summed E-state index contributed by atoms with van der Waals surface area (Å²) in [5.41, 5.74) is 0. The second-order valence-electron chi connectivity index (χ2n) is 33.2. The summed E-state index contributed by atoms with van der Waals surface area (Å²) in [7, 11) is -9.93. The van der Waals surface area contributed by atoms with Crippen LogP contribution >= 0.6 is 15.6 Å². The van der Waals surface area contributed by atoms with E-state index in [1.165, 1.54) is 276 Å². The monoisotopic (exact) mass is 1580 g/mol. The van der Waals surface area contributed by atoms with E-state index in [0.29, 0.717) is 31.6 Å². The Morgan fingerprint density at radius 2 is 0.472 bits per heavy atom. The van der Waals surface area contributed by atoms with Crippen LogP contribution in [0.4, 0.5) is 0 Å². The van der Waals surface area contributed by atoms with E-state index in [0.717, 1.165) is 108 Å². The molecule has 3 unspecified atom stereocenters. The second-order valence-corrected chi connectivity index (χ2v) is 36.1. The molecule has 0 amide bonds. The van der Waals surface area contributed by atoms with Crippen molar-refractivity contribution >= 4 is 39.5 Å². The average molecular weight is 1580 g/mol. The first-order chi connectivity index (χ1) is 52.3. The Bertz CT molecular complexity index is 2080. The largest absolute Gasteiger partial charge is 0.472 e. The molecule has 0 radical (unpaired) electrons. The second kappa shape index (κ2) is 78.9. The van der Waals surface area contributed by atoms with Gasteiger partial charge in [0.25, 0.3) is 0 Å². The molecule has 0 aromatic rings. The Morgan fingerprint density at radius 1 is 0.269 bits per heavy atom. The molecule has 0 aliphatic heterocycles. The molecule has 0 saturated carbocycles. The number of aliphatic hydroxyl groups is 1. The predicted molar refractivity (Wildman–Crippen MR) is 446 cm³/mol. The molecular weight excluding hydrogens is 1400 g/mol. The standard InChI is InChI=1S/C89H174O17P2/c1-8-10-11-12-13-14-15-16-17-20-28-33-38-43-50-58-65-73-89(94)106-85(77-100-87(92)71-64-57-52-45-47-54-61-68-81(5)6)79-104-108(97,98)102-75-83(90)74-101-107(95,96)103-78-84(76-99-86(91)70-63-56-49-42-37-32-27-24-23-25-30-35-40-46-53-60-67-80(3)4)105-88(93)72-66-59-51-44-39-34-29-22-19-18-21-26-31-36-41-48-55-62-69-82(7)9-2/h80-85,90H,8-79H2,1-7H3,(H,95,96)(H,97,98)/t82?,83-,84-,85-/m1/s1. The molecule has 0 aromatic heterocycles. The van der Waals surface area contributed by atoms with Crippen molar-refractivity contribution in [3.63, 3.8) is 0 Å². The van der Waals surface area contributed by atoms with Crippen LogP contribution in [0.25, 0.3) is 0 Å². The summed E-state index contributed by atoms with van der Waals surface area (Å²) < 4.78 is 69.0. The highest BCUT2D eigenvalue weighted by Crippen LogP contribution is 2.45. The highest BCUT2D eigenvalue weighted by atomic mass is 31.2. The summed E-state index contributed by atoms with van der Waals surface area (Å²) in [6.07, 6.45) is 70.9. The van der Waals surface area contributed by atoms with Crippen LogP contribution in [0.15, 0.2) is 0 Å². The van der Waals surface area contributed by atoms with Crippen LogP contribution in [0.2, 0.25) is 0 Å². The number of carbonyl (C=O) groups is 4. The maximum atomic E-state index is 13.2. The lowest BCUT2D eigenvalue weighted by molar-refractivity contribution is -0.161. The zero-order chi connectivity index (χ0) is 79.3. The number of rotatable bonds is 87. The Labute approximate surface area is 664 Å². The highest BCUT2D eigenvalue weighted by molar-refractivity contribution is 7.47. The van der Waals surface area contributed by atoms with E-state index in [1.807, 2.05) is 0 Å². The van der Waals surface area contributed by atoms with Gasteiger partial charge in [0.2, 0.25) is 0 Å². The summed E-state index contributed by atoms with van der Waals surface area (Å²) >= 11 is 0. The van der Waals surface area contributed by atoms with Crippen LogP contribution < -0.4 is 0 Å². The third-order valence-electron chi connectivity index (χ3n) is 21.2. The molecule has 0 aromatic carbocycles. The van der Waals surface area contributed by atoms with Crippen LogP contribution in [-0.4, -0.2) is 96.7 Å². The van der Waals surface area contributed by atoms with Crippen molar-refractivity contribution in [3.05, 3.63) is 0 Å². The summed E-state index contributed by atoms with van der Waals surface area (Å²) in [6.45, 7) is 12.0. The Kier molecular flexibility index (Phi) is 77.5. The van der Waals surface area contributed by atoms with Crippen LogP contribution in [0.3, 0.4) is 0 Å². The van der Waals surface area contributed by atoms with Gasteiger partial charge in [-0.2, -0.15) is 0 Å². The zero-order valence-corrected chi connectivity index (χ0v) is 73.1.